The molecule has 0 saturated carbocycles. The average molecular weight is 568 g/mol. The maximum atomic E-state index is 6.35. The van der Waals surface area contributed by atoms with Gasteiger partial charge in [-0.1, -0.05) is 109 Å². The molecule has 0 bridgehead atoms. The molecular weight excluding hydrogens is 543 g/mol. The third-order valence-electron chi connectivity index (χ3n) is 8.46. The second-order valence-corrected chi connectivity index (χ2v) is 12.0. The molecular formula is C40H25NOS. The van der Waals surface area contributed by atoms with Crippen LogP contribution >= 0.6 is 11.3 Å². The van der Waals surface area contributed by atoms with Gasteiger partial charge in [0.25, 0.3) is 0 Å². The lowest BCUT2D eigenvalue weighted by Gasteiger charge is -2.26. The topological polar surface area (TPSA) is 16.4 Å². The van der Waals surface area contributed by atoms with Gasteiger partial charge in [-0.05, 0) is 58.8 Å². The number of fused-ring (bicyclic) bond motifs is 8. The molecule has 0 fully saturated rings. The van der Waals surface area contributed by atoms with Crippen LogP contribution in [0.15, 0.2) is 156 Å². The summed E-state index contributed by atoms with van der Waals surface area (Å²) >= 11 is 1.87. The zero-order valence-corrected chi connectivity index (χ0v) is 24.0. The Kier molecular flexibility index (Phi) is 5.40. The third kappa shape index (κ3) is 3.79. The Balaban J connectivity index is 1.22. The normalized spacial score (nSPS) is 11.7. The molecule has 43 heavy (non-hydrogen) atoms. The van der Waals surface area contributed by atoms with Gasteiger partial charge in [-0.2, -0.15) is 0 Å². The highest BCUT2D eigenvalue weighted by molar-refractivity contribution is 7.26. The van der Waals surface area contributed by atoms with Gasteiger partial charge in [0.1, 0.15) is 11.2 Å². The fraction of sp³-hybridized carbons (Fsp3) is 0. The average Bonchev–Trinajstić information content (AvgIpc) is 3.65. The maximum absolute atomic E-state index is 6.35. The molecule has 0 amide bonds. The van der Waals surface area contributed by atoms with Crippen molar-refractivity contribution in [3.8, 4) is 11.1 Å². The molecule has 0 N–H and O–H groups in total. The summed E-state index contributed by atoms with van der Waals surface area (Å²) in [6, 6.07) is 54.1. The molecule has 0 aliphatic rings. The van der Waals surface area contributed by atoms with E-state index in [0.29, 0.717) is 0 Å². The minimum absolute atomic E-state index is 0.918. The summed E-state index contributed by atoms with van der Waals surface area (Å²) in [5.41, 5.74) is 7.50. The second kappa shape index (κ2) is 9.59. The van der Waals surface area contributed by atoms with E-state index < -0.39 is 0 Å². The number of furan rings is 1. The van der Waals surface area contributed by atoms with Gasteiger partial charge < -0.3 is 9.32 Å². The first-order valence-corrected chi connectivity index (χ1v) is 15.3. The van der Waals surface area contributed by atoms with Crippen LogP contribution in [0, 0.1) is 0 Å². The van der Waals surface area contributed by atoms with Gasteiger partial charge in [-0.25, -0.2) is 0 Å². The predicted molar refractivity (Wildman–Crippen MR) is 184 cm³/mol. The van der Waals surface area contributed by atoms with E-state index in [9.17, 15) is 0 Å². The first kappa shape index (κ1) is 24.2. The number of rotatable bonds is 4. The van der Waals surface area contributed by atoms with Crippen LogP contribution in [0.5, 0.6) is 0 Å². The summed E-state index contributed by atoms with van der Waals surface area (Å²) in [6.07, 6.45) is 0. The highest BCUT2D eigenvalue weighted by Gasteiger charge is 2.19. The Labute approximate surface area is 252 Å². The van der Waals surface area contributed by atoms with Crippen molar-refractivity contribution >= 4 is 81.3 Å². The van der Waals surface area contributed by atoms with Gasteiger partial charge in [0.2, 0.25) is 0 Å². The van der Waals surface area contributed by atoms with Crippen molar-refractivity contribution in [2.45, 2.75) is 0 Å². The monoisotopic (exact) mass is 567 g/mol. The molecule has 2 aromatic heterocycles. The van der Waals surface area contributed by atoms with E-state index in [1.807, 2.05) is 23.5 Å². The molecule has 0 atom stereocenters. The maximum Gasteiger partial charge on any atom is 0.143 e. The van der Waals surface area contributed by atoms with Crippen molar-refractivity contribution < 1.29 is 4.42 Å². The highest BCUT2D eigenvalue weighted by atomic mass is 32.1. The van der Waals surface area contributed by atoms with Crippen LogP contribution in [0.25, 0.3) is 64.0 Å². The molecule has 0 saturated heterocycles. The van der Waals surface area contributed by atoms with Gasteiger partial charge in [0.15, 0.2) is 0 Å². The smallest absolute Gasteiger partial charge is 0.143 e. The Morgan fingerprint density at radius 1 is 0.488 bits per heavy atom. The minimum Gasteiger partial charge on any atom is -0.455 e. The number of hydrogen-bond acceptors (Lipinski definition) is 3. The van der Waals surface area contributed by atoms with E-state index in [1.165, 1.54) is 36.6 Å². The summed E-state index contributed by atoms with van der Waals surface area (Å²) in [5.74, 6) is 0. The third-order valence-corrected chi connectivity index (χ3v) is 9.66. The van der Waals surface area contributed by atoms with Crippen molar-refractivity contribution in [2.75, 3.05) is 4.90 Å². The van der Waals surface area contributed by atoms with Crippen LogP contribution in [0.3, 0.4) is 0 Å². The van der Waals surface area contributed by atoms with Gasteiger partial charge in [0, 0.05) is 43.2 Å². The van der Waals surface area contributed by atoms with Crippen molar-refractivity contribution in [1.29, 1.82) is 0 Å². The summed E-state index contributed by atoms with van der Waals surface area (Å²) < 4.78 is 8.95. The van der Waals surface area contributed by atoms with Gasteiger partial charge in [-0.3, -0.25) is 0 Å². The molecule has 0 spiro atoms. The Morgan fingerprint density at radius 2 is 1.19 bits per heavy atom. The predicted octanol–water partition coefficient (Wildman–Crippen LogP) is 12.2. The lowest BCUT2D eigenvalue weighted by molar-refractivity contribution is 0.670. The molecule has 2 heterocycles. The first-order valence-electron chi connectivity index (χ1n) is 14.5. The molecule has 7 aromatic carbocycles. The van der Waals surface area contributed by atoms with Crippen LogP contribution in [-0.4, -0.2) is 0 Å². The van der Waals surface area contributed by atoms with E-state index in [0.717, 1.165) is 44.4 Å². The lowest BCUT2D eigenvalue weighted by Crippen LogP contribution is -2.09. The summed E-state index contributed by atoms with van der Waals surface area (Å²) in [4.78, 5) is 2.38. The Hall–Kier alpha value is -5.38. The number of benzene rings is 7. The highest BCUT2D eigenvalue weighted by Crippen LogP contribution is 2.46. The molecule has 0 aliphatic heterocycles. The van der Waals surface area contributed by atoms with Gasteiger partial charge in [-0.15, -0.1) is 11.3 Å². The molecule has 2 nitrogen and oxygen atoms in total. The van der Waals surface area contributed by atoms with Crippen molar-refractivity contribution in [2.24, 2.45) is 0 Å². The zero-order chi connectivity index (χ0) is 28.3. The number of anilines is 3. The van der Waals surface area contributed by atoms with Crippen LogP contribution in [-0.2, 0) is 0 Å². The fourth-order valence-corrected chi connectivity index (χ4v) is 7.72. The van der Waals surface area contributed by atoms with E-state index >= 15 is 0 Å². The molecule has 3 heteroatoms. The Bertz CT molecular complexity index is 2450. The molecule has 202 valence electrons. The van der Waals surface area contributed by atoms with Crippen LogP contribution < -0.4 is 4.90 Å². The Morgan fingerprint density at radius 3 is 2.07 bits per heavy atom. The fourth-order valence-electron chi connectivity index (χ4n) is 6.50. The first-order chi connectivity index (χ1) is 21.3. The van der Waals surface area contributed by atoms with Crippen LogP contribution in [0.4, 0.5) is 17.1 Å². The quantitative estimate of drug-likeness (QED) is 0.210. The standard InChI is InChI=1S/C40H25NOS/c1-2-11-28(12-3-1)41(35-18-9-17-34-38-30-13-5-4-10-26(30)22-25-37(38)43-40(34)35)29-23-20-27(21-24-29)31-15-8-16-33-32-14-6-7-19-36(32)42-39(31)33/h1-25H. The van der Waals surface area contributed by atoms with E-state index in [1.54, 1.807) is 0 Å². The van der Waals surface area contributed by atoms with E-state index in [-0.39, 0.29) is 0 Å². The molecule has 9 rings (SSSR count). The SMILES string of the molecule is c1ccc(N(c2ccc(-c3cccc4c3oc3ccccc34)cc2)c2cccc3c2sc2ccc4ccccc4c23)cc1. The van der Waals surface area contributed by atoms with Crippen LogP contribution in [0.2, 0.25) is 0 Å². The van der Waals surface area contributed by atoms with Crippen molar-refractivity contribution in [3.05, 3.63) is 152 Å². The molecule has 0 radical (unpaired) electrons. The zero-order valence-electron chi connectivity index (χ0n) is 23.2. The van der Waals surface area contributed by atoms with E-state index in [2.05, 4.69) is 144 Å². The van der Waals surface area contributed by atoms with Gasteiger partial charge >= 0.3 is 0 Å². The van der Waals surface area contributed by atoms with Crippen LogP contribution in [0.1, 0.15) is 0 Å². The molecule has 9 aromatic rings. The summed E-state index contributed by atoms with van der Waals surface area (Å²) in [6.45, 7) is 0. The number of para-hydroxylation sites is 3. The van der Waals surface area contributed by atoms with Crippen molar-refractivity contribution in [1.82, 2.24) is 0 Å². The van der Waals surface area contributed by atoms with E-state index in [4.69, 9.17) is 4.42 Å². The molecule has 0 aliphatic carbocycles. The summed E-state index contributed by atoms with van der Waals surface area (Å²) in [5, 5.41) is 7.50. The number of nitrogens with zero attached hydrogens (tertiary/aromatic N) is 1. The largest absolute Gasteiger partial charge is 0.455 e. The minimum atomic E-state index is 0.918. The van der Waals surface area contributed by atoms with Gasteiger partial charge in [0.05, 0.1) is 10.4 Å². The second-order valence-electron chi connectivity index (χ2n) is 10.9. The van der Waals surface area contributed by atoms with Crippen molar-refractivity contribution in [3.63, 3.8) is 0 Å². The number of hydrogen-bond donors (Lipinski definition) is 0. The number of thiophene rings is 1. The summed E-state index contributed by atoms with van der Waals surface area (Å²) in [7, 11) is 0. The molecule has 0 unspecified atom stereocenters. The lowest BCUT2D eigenvalue weighted by atomic mass is 10.0.